The van der Waals surface area contributed by atoms with E-state index in [1.54, 1.807) is 24.3 Å². The van der Waals surface area contributed by atoms with Gasteiger partial charge in [0.2, 0.25) is 0 Å². The van der Waals surface area contributed by atoms with Crippen LogP contribution >= 0.6 is 0 Å². The van der Waals surface area contributed by atoms with Crippen LogP contribution < -0.4 is 10.5 Å². The Morgan fingerprint density at radius 3 is 2.67 bits per heavy atom. The summed E-state index contributed by atoms with van der Waals surface area (Å²) < 4.78 is 16.0. The summed E-state index contributed by atoms with van der Waals surface area (Å²) >= 11 is 0. The molecule has 1 aliphatic heterocycles. The number of rotatable bonds is 6. The SMILES string of the molecule is C[C@@H](OC(=O)c1ccc(OC[C@H]2CCCO2)cc1)C(N)=O. The Hall–Kier alpha value is -2.08. The Morgan fingerprint density at radius 2 is 2.10 bits per heavy atom. The summed E-state index contributed by atoms with van der Waals surface area (Å²) in [5.74, 6) is -0.614. The van der Waals surface area contributed by atoms with Gasteiger partial charge < -0.3 is 19.9 Å². The molecule has 6 nitrogen and oxygen atoms in total. The lowest BCUT2D eigenvalue weighted by molar-refractivity contribution is -0.125. The van der Waals surface area contributed by atoms with Gasteiger partial charge in [-0.25, -0.2) is 4.79 Å². The zero-order chi connectivity index (χ0) is 15.2. The molecule has 0 unspecified atom stereocenters. The molecule has 1 aliphatic rings. The van der Waals surface area contributed by atoms with E-state index in [0.29, 0.717) is 17.9 Å². The van der Waals surface area contributed by atoms with Crippen LogP contribution in [0, 0.1) is 0 Å². The largest absolute Gasteiger partial charge is 0.491 e. The van der Waals surface area contributed by atoms with Gasteiger partial charge in [0.1, 0.15) is 12.4 Å². The van der Waals surface area contributed by atoms with Crippen molar-refractivity contribution < 1.29 is 23.8 Å². The van der Waals surface area contributed by atoms with Gasteiger partial charge in [-0.1, -0.05) is 0 Å². The van der Waals surface area contributed by atoms with Gasteiger partial charge in [0.15, 0.2) is 6.10 Å². The van der Waals surface area contributed by atoms with Crippen molar-refractivity contribution in [2.75, 3.05) is 13.2 Å². The second kappa shape index (κ2) is 7.08. The minimum Gasteiger partial charge on any atom is -0.491 e. The van der Waals surface area contributed by atoms with Gasteiger partial charge in [0.25, 0.3) is 5.91 Å². The number of carbonyl (C=O) groups excluding carboxylic acids is 2. The first-order valence-corrected chi connectivity index (χ1v) is 6.91. The van der Waals surface area contributed by atoms with Crippen LogP contribution in [0.25, 0.3) is 0 Å². The highest BCUT2D eigenvalue weighted by atomic mass is 16.5. The monoisotopic (exact) mass is 293 g/mol. The van der Waals surface area contributed by atoms with Gasteiger partial charge in [0, 0.05) is 6.61 Å². The summed E-state index contributed by atoms with van der Waals surface area (Å²) in [4.78, 5) is 22.6. The molecule has 1 aromatic rings. The number of ether oxygens (including phenoxy) is 3. The van der Waals surface area contributed by atoms with E-state index < -0.39 is 18.0 Å². The molecule has 1 aromatic carbocycles. The predicted octanol–water partition coefficient (Wildman–Crippen LogP) is 1.27. The Kier molecular flexibility index (Phi) is 5.16. The van der Waals surface area contributed by atoms with Gasteiger partial charge >= 0.3 is 5.97 Å². The third-order valence-corrected chi connectivity index (χ3v) is 3.23. The van der Waals surface area contributed by atoms with Gasteiger partial charge in [-0.2, -0.15) is 0 Å². The molecule has 0 aliphatic carbocycles. The number of carbonyl (C=O) groups is 2. The van der Waals surface area contributed by atoms with Crippen molar-refractivity contribution in [3.8, 4) is 5.75 Å². The van der Waals surface area contributed by atoms with Gasteiger partial charge in [-0.15, -0.1) is 0 Å². The van der Waals surface area contributed by atoms with Crippen LogP contribution in [0.1, 0.15) is 30.1 Å². The fourth-order valence-corrected chi connectivity index (χ4v) is 1.94. The first kappa shape index (κ1) is 15.3. The lowest BCUT2D eigenvalue weighted by Gasteiger charge is -2.12. The highest BCUT2D eigenvalue weighted by Gasteiger charge is 2.17. The van der Waals surface area contributed by atoms with Crippen molar-refractivity contribution >= 4 is 11.9 Å². The summed E-state index contributed by atoms with van der Waals surface area (Å²) in [5.41, 5.74) is 5.38. The van der Waals surface area contributed by atoms with E-state index in [-0.39, 0.29) is 6.10 Å². The van der Waals surface area contributed by atoms with Crippen LogP contribution in [-0.4, -0.2) is 37.3 Å². The maximum absolute atomic E-state index is 11.7. The molecular weight excluding hydrogens is 274 g/mol. The van der Waals surface area contributed by atoms with Gasteiger partial charge in [-0.3, -0.25) is 4.79 Å². The summed E-state index contributed by atoms with van der Waals surface area (Å²) in [6.45, 7) is 2.72. The van der Waals surface area contributed by atoms with E-state index in [9.17, 15) is 9.59 Å². The molecule has 1 amide bonds. The first-order chi connectivity index (χ1) is 10.1. The summed E-state index contributed by atoms with van der Waals surface area (Å²) in [5, 5.41) is 0. The van der Waals surface area contributed by atoms with Crippen molar-refractivity contribution in [3.05, 3.63) is 29.8 Å². The van der Waals surface area contributed by atoms with E-state index in [1.807, 2.05) is 0 Å². The number of primary amides is 1. The lowest BCUT2D eigenvalue weighted by Crippen LogP contribution is -2.30. The summed E-state index contributed by atoms with van der Waals surface area (Å²) in [7, 11) is 0. The quantitative estimate of drug-likeness (QED) is 0.798. The van der Waals surface area contributed by atoms with Crippen molar-refractivity contribution in [3.63, 3.8) is 0 Å². The molecular formula is C15H19NO5. The smallest absolute Gasteiger partial charge is 0.338 e. The first-order valence-electron chi connectivity index (χ1n) is 6.91. The Morgan fingerprint density at radius 1 is 1.38 bits per heavy atom. The van der Waals surface area contributed by atoms with E-state index in [4.69, 9.17) is 19.9 Å². The number of esters is 1. The van der Waals surface area contributed by atoms with Crippen LogP contribution in [-0.2, 0) is 14.3 Å². The minimum atomic E-state index is -0.951. The molecule has 0 saturated carbocycles. The Balaban J connectivity index is 1.85. The van der Waals surface area contributed by atoms with Gasteiger partial charge in [0.05, 0.1) is 11.7 Å². The molecule has 1 saturated heterocycles. The number of nitrogens with two attached hydrogens (primary N) is 1. The fraction of sp³-hybridized carbons (Fsp3) is 0.467. The molecule has 2 N–H and O–H groups in total. The standard InChI is InChI=1S/C15H19NO5/c1-10(14(16)17)21-15(18)11-4-6-12(7-5-11)20-9-13-3-2-8-19-13/h4-7,10,13H,2-3,8-9H2,1H3,(H2,16,17)/t10-,13-/m1/s1. The van der Waals surface area contributed by atoms with Crippen LogP contribution in [0.2, 0.25) is 0 Å². The molecule has 2 rings (SSSR count). The lowest BCUT2D eigenvalue weighted by atomic mass is 10.2. The average molecular weight is 293 g/mol. The molecule has 0 aromatic heterocycles. The van der Waals surface area contributed by atoms with Crippen molar-refractivity contribution in [1.29, 1.82) is 0 Å². The summed E-state index contributed by atoms with van der Waals surface area (Å²) in [6.07, 6.45) is 1.27. The third-order valence-electron chi connectivity index (χ3n) is 3.23. The van der Waals surface area contributed by atoms with E-state index in [0.717, 1.165) is 19.4 Å². The Bertz CT molecular complexity index is 493. The molecule has 2 atom stereocenters. The van der Waals surface area contributed by atoms with Crippen molar-refractivity contribution in [2.24, 2.45) is 5.73 Å². The van der Waals surface area contributed by atoms with Crippen LogP contribution in [0.15, 0.2) is 24.3 Å². The topological polar surface area (TPSA) is 87.8 Å². The maximum atomic E-state index is 11.7. The van der Waals surface area contributed by atoms with Crippen molar-refractivity contribution in [1.82, 2.24) is 0 Å². The number of amides is 1. The molecule has 1 heterocycles. The highest BCUT2D eigenvalue weighted by Crippen LogP contribution is 2.17. The van der Waals surface area contributed by atoms with Crippen molar-refractivity contribution in [2.45, 2.75) is 32.0 Å². The van der Waals surface area contributed by atoms with Crippen LogP contribution in [0.5, 0.6) is 5.75 Å². The molecule has 21 heavy (non-hydrogen) atoms. The zero-order valence-electron chi connectivity index (χ0n) is 11.9. The van der Waals surface area contributed by atoms with Gasteiger partial charge in [-0.05, 0) is 44.0 Å². The van der Waals surface area contributed by atoms with Crippen LogP contribution in [0.4, 0.5) is 0 Å². The second-order valence-electron chi connectivity index (χ2n) is 4.92. The molecule has 0 bridgehead atoms. The van der Waals surface area contributed by atoms with Crippen LogP contribution in [0.3, 0.4) is 0 Å². The molecule has 0 spiro atoms. The minimum absolute atomic E-state index is 0.144. The second-order valence-corrected chi connectivity index (χ2v) is 4.92. The zero-order valence-corrected chi connectivity index (χ0v) is 11.9. The normalized spacial score (nSPS) is 19.0. The Labute approximate surface area is 123 Å². The fourth-order valence-electron chi connectivity index (χ4n) is 1.94. The predicted molar refractivity (Wildman–Crippen MR) is 75.0 cm³/mol. The summed E-state index contributed by atoms with van der Waals surface area (Å²) in [6, 6.07) is 6.53. The maximum Gasteiger partial charge on any atom is 0.338 e. The molecule has 0 radical (unpaired) electrons. The van der Waals surface area contributed by atoms with E-state index >= 15 is 0 Å². The van der Waals surface area contributed by atoms with E-state index in [1.165, 1.54) is 6.92 Å². The third kappa shape index (κ3) is 4.46. The molecule has 1 fully saturated rings. The van der Waals surface area contributed by atoms with E-state index in [2.05, 4.69) is 0 Å². The number of benzene rings is 1. The molecule has 114 valence electrons. The number of hydrogen-bond donors (Lipinski definition) is 1. The molecule has 6 heteroatoms. The highest BCUT2D eigenvalue weighted by molar-refractivity contribution is 5.92. The average Bonchev–Trinajstić information content (AvgIpc) is 2.98. The number of hydrogen-bond acceptors (Lipinski definition) is 5.